The number of hydrogen-bond acceptors (Lipinski definition) is 5. The van der Waals surface area contributed by atoms with Crippen LogP contribution in [0.2, 0.25) is 0 Å². The zero-order valence-electron chi connectivity index (χ0n) is 11.5. The Morgan fingerprint density at radius 1 is 1.18 bits per heavy atom. The van der Waals surface area contributed by atoms with E-state index in [1.165, 1.54) is 0 Å². The quantitative estimate of drug-likeness (QED) is 0.789. The summed E-state index contributed by atoms with van der Waals surface area (Å²) in [4.78, 5) is 23.7. The number of furan rings is 1. The average molecular weight is 322 g/mol. The van der Waals surface area contributed by atoms with Crippen LogP contribution in [0.1, 0.15) is 17.0 Å². The van der Waals surface area contributed by atoms with Gasteiger partial charge < -0.3 is 4.42 Å². The summed E-state index contributed by atoms with van der Waals surface area (Å²) >= 11 is 0. The van der Waals surface area contributed by atoms with Crippen molar-refractivity contribution >= 4 is 32.6 Å². The van der Waals surface area contributed by atoms with Crippen LogP contribution in [0.25, 0.3) is 11.0 Å². The number of carbonyl (C=O) groups excluding carboxylic acids is 2. The summed E-state index contributed by atoms with van der Waals surface area (Å²) in [5, 5.41) is 0.779. The summed E-state index contributed by atoms with van der Waals surface area (Å²) in [5.74, 6) is -1.83. The molecule has 0 radical (unpaired) electrons. The molecule has 0 spiro atoms. The number of nitrogens with one attached hydrogen (secondary N) is 2. The zero-order valence-corrected chi connectivity index (χ0v) is 12.4. The molecule has 0 bridgehead atoms. The SMILES string of the molecule is O=C(NNC(=O)[C@@H]1CCS(=O)(=O)C1)c1cc2ccccc2o1. The molecular weight excluding hydrogens is 308 g/mol. The molecule has 3 rings (SSSR count). The van der Waals surface area contributed by atoms with E-state index in [0.717, 1.165) is 5.39 Å². The minimum absolute atomic E-state index is 0.00259. The van der Waals surface area contributed by atoms with Crippen molar-refractivity contribution in [3.63, 3.8) is 0 Å². The first kappa shape index (κ1) is 14.6. The van der Waals surface area contributed by atoms with Gasteiger partial charge in [-0.3, -0.25) is 20.4 Å². The van der Waals surface area contributed by atoms with Gasteiger partial charge in [0.25, 0.3) is 0 Å². The first-order chi connectivity index (χ1) is 10.4. The first-order valence-electron chi connectivity index (χ1n) is 6.74. The summed E-state index contributed by atoms with van der Waals surface area (Å²) in [5.41, 5.74) is 5.05. The van der Waals surface area contributed by atoms with Gasteiger partial charge in [0, 0.05) is 5.39 Å². The van der Waals surface area contributed by atoms with Gasteiger partial charge in [0.05, 0.1) is 17.4 Å². The molecule has 1 atom stereocenters. The fourth-order valence-electron chi connectivity index (χ4n) is 2.38. The molecule has 0 unspecified atom stereocenters. The smallest absolute Gasteiger partial charge is 0.305 e. The number of sulfone groups is 1. The van der Waals surface area contributed by atoms with Gasteiger partial charge in [-0.25, -0.2) is 8.42 Å². The van der Waals surface area contributed by atoms with Gasteiger partial charge in [0.1, 0.15) is 5.58 Å². The van der Waals surface area contributed by atoms with Gasteiger partial charge in [-0.15, -0.1) is 0 Å². The molecule has 7 nitrogen and oxygen atoms in total. The monoisotopic (exact) mass is 322 g/mol. The van der Waals surface area contributed by atoms with Crippen LogP contribution < -0.4 is 10.9 Å². The predicted molar refractivity (Wildman–Crippen MR) is 78.6 cm³/mol. The number of rotatable bonds is 2. The molecule has 1 aliphatic heterocycles. The van der Waals surface area contributed by atoms with E-state index in [-0.39, 0.29) is 23.7 Å². The third kappa shape index (κ3) is 2.96. The van der Waals surface area contributed by atoms with Crippen LogP contribution in [0.3, 0.4) is 0 Å². The standard InChI is InChI=1S/C14H14N2O5S/c17-13(10-5-6-22(19,20)8-10)15-16-14(18)12-7-9-3-1-2-4-11(9)21-12/h1-4,7,10H,5-6,8H2,(H,15,17)(H,16,18)/t10-/m1/s1. The lowest BCUT2D eigenvalue weighted by Crippen LogP contribution is -2.44. The predicted octanol–water partition coefficient (Wildman–Crippen LogP) is 0.629. The Balaban J connectivity index is 1.61. The topological polar surface area (TPSA) is 105 Å². The second-order valence-electron chi connectivity index (χ2n) is 5.19. The lowest BCUT2D eigenvalue weighted by atomic mass is 10.1. The molecule has 22 heavy (non-hydrogen) atoms. The normalized spacial score (nSPS) is 19.9. The van der Waals surface area contributed by atoms with Crippen LogP contribution in [0.5, 0.6) is 0 Å². The maximum Gasteiger partial charge on any atom is 0.305 e. The largest absolute Gasteiger partial charge is 0.451 e. The highest BCUT2D eigenvalue weighted by atomic mass is 32.2. The van der Waals surface area contributed by atoms with E-state index in [0.29, 0.717) is 5.58 Å². The van der Waals surface area contributed by atoms with E-state index in [9.17, 15) is 18.0 Å². The summed E-state index contributed by atoms with van der Waals surface area (Å²) in [7, 11) is -3.14. The number of hydrogen-bond donors (Lipinski definition) is 2. The number of benzene rings is 1. The highest BCUT2D eigenvalue weighted by Crippen LogP contribution is 2.19. The van der Waals surface area contributed by atoms with Crippen LogP contribution in [0.4, 0.5) is 0 Å². The highest BCUT2D eigenvalue weighted by molar-refractivity contribution is 7.91. The Kier molecular flexibility index (Phi) is 3.61. The van der Waals surface area contributed by atoms with E-state index in [1.54, 1.807) is 24.3 Å². The van der Waals surface area contributed by atoms with Crippen molar-refractivity contribution in [1.82, 2.24) is 10.9 Å². The Labute approximate surface area is 126 Å². The average Bonchev–Trinajstić information content (AvgIpc) is 3.07. The highest BCUT2D eigenvalue weighted by Gasteiger charge is 2.33. The molecular formula is C14H14N2O5S. The van der Waals surface area contributed by atoms with Gasteiger partial charge in [-0.1, -0.05) is 18.2 Å². The van der Waals surface area contributed by atoms with Crippen molar-refractivity contribution in [2.24, 2.45) is 5.92 Å². The first-order valence-corrected chi connectivity index (χ1v) is 8.56. The van der Waals surface area contributed by atoms with Crippen molar-refractivity contribution in [3.05, 3.63) is 36.1 Å². The van der Waals surface area contributed by atoms with Gasteiger partial charge in [-0.2, -0.15) is 0 Å². The Hall–Kier alpha value is -2.35. The number of hydrazine groups is 1. The van der Waals surface area contributed by atoms with E-state index in [4.69, 9.17) is 4.42 Å². The van der Waals surface area contributed by atoms with Crippen LogP contribution in [0, 0.1) is 5.92 Å². The molecule has 1 aromatic carbocycles. The Morgan fingerprint density at radius 3 is 2.64 bits per heavy atom. The van der Waals surface area contributed by atoms with Crippen molar-refractivity contribution in [2.75, 3.05) is 11.5 Å². The molecule has 1 fully saturated rings. The lowest BCUT2D eigenvalue weighted by Gasteiger charge is -2.09. The number of fused-ring (bicyclic) bond motifs is 1. The van der Waals surface area contributed by atoms with Gasteiger partial charge in [0.15, 0.2) is 15.6 Å². The lowest BCUT2D eigenvalue weighted by molar-refractivity contribution is -0.125. The summed E-state index contributed by atoms with van der Waals surface area (Å²) in [6, 6.07) is 8.71. The molecule has 2 N–H and O–H groups in total. The van der Waals surface area contributed by atoms with E-state index in [2.05, 4.69) is 10.9 Å². The minimum Gasteiger partial charge on any atom is -0.451 e. The molecule has 2 aromatic rings. The van der Waals surface area contributed by atoms with Gasteiger partial charge in [0.2, 0.25) is 5.91 Å². The van der Waals surface area contributed by atoms with Crippen molar-refractivity contribution in [3.8, 4) is 0 Å². The second-order valence-corrected chi connectivity index (χ2v) is 7.42. The minimum atomic E-state index is -3.14. The van der Waals surface area contributed by atoms with Crippen molar-refractivity contribution in [2.45, 2.75) is 6.42 Å². The van der Waals surface area contributed by atoms with Crippen LogP contribution >= 0.6 is 0 Å². The Morgan fingerprint density at radius 2 is 1.95 bits per heavy atom. The molecule has 1 saturated heterocycles. The molecule has 116 valence electrons. The van der Waals surface area contributed by atoms with E-state index in [1.807, 2.05) is 6.07 Å². The number of amides is 2. The van der Waals surface area contributed by atoms with Gasteiger partial charge in [-0.05, 0) is 18.6 Å². The molecule has 1 aliphatic rings. The second kappa shape index (κ2) is 5.45. The zero-order chi connectivity index (χ0) is 15.7. The van der Waals surface area contributed by atoms with Gasteiger partial charge >= 0.3 is 5.91 Å². The van der Waals surface area contributed by atoms with E-state index >= 15 is 0 Å². The summed E-state index contributed by atoms with van der Waals surface area (Å²) < 4.78 is 28.0. The van der Waals surface area contributed by atoms with Crippen LogP contribution in [-0.2, 0) is 14.6 Å². The fraction of sp³-hybridized carbons (Fsp3) is 0.286. The molecule has 1 aromatic heterocycles. The molecule has 2 amide bonds. The van der Waals surface area contributed by atoms with Crippen molar-refractivity contribution < 1.29 is 22.4 Å². The molecule has 0 saturated carbocycles. The Bertz CT molecular complexity index is 807. The molecule has 2 heterocycles. The molecule has 8 heteroatoms. The summed E-state index contributed by atoms with van der Waals surface area (Å²) in [6.45, 7) is 0. The third-order valence-corrected chi connectivity index (χ3v) is 5.32. The number of carbonyl (C=O) groups is 2. The number of para-hydroxylation sites is 1. The maximum atomic E-state index is 11.9. The maximum absolute atomic E-state index is 11.9. The van der Waals surface area contributed by atoms with Crippen molar-refractivity contribution in [1.29, 1.82) is 0 Å². The summed E-state index contributed by atoms with van der Waals surface area (Å²) in [6.07, 6.45) is 0.272. The van der Waals surface area contributed by atoms with E-state index < -0.39 is 27.6 Å². The third-order valence-electron chi connectivity index (χ3n) is 3.55. The van der Waals surface area contributed by atoms with Crippen LogP contribution in [0.15, 0.2) is 34.7 Å². The molecule has 0 aliphatic carbocycles. The van der Waals surface area contributed by atoms with Crippen LogP contribution in [-0.4, -0.2) is 31.7 Å². The fourth-order valence-corrected chi connectivity index (χ4v) is 4.12.